The summed E-state index contributed by atoms with van der Waals surface area (Å²) in [7, 11) is 0. The van der Waals surface area contributed by atoms with Crippen LogP contribution in [0, 0.1) is 0 Å². The molecule has 2 aliphatic rings. The average Bonchev–Trinajstić information content (AvgIpc) is 3.21. The minimum absolute atomic E-state index is 0.00158. The number of hydrogen-bond donors (Lipinski definition) is 0. The smallest absolute Gasteiger partial charge is 0.210 e. The molecule has 0 spiro atoms. The van der Waals surface area contributed by atoms with Crippen LogP contribution >= 0.6 is 11.8 Å². The summed E-state index contributed by atoms with van der Waals surface area (Å²) in [6.07, 6.45) is 6.79. The lowest BCUT2D eigenvalue weighted by molar-refractivity contribution is -0.935. The minimum Gasteiger partial charge on any atom is -0.483 e. The summed E-state index contributed by atoms with van der Waals surface area (Å²) in [5, 5.41) is 1.86. The van der Waals surface area contributed by atoms with Crippen LogP contribution in [0.3, 0.4) is 0 Å². The van der Waals surface area contributed by atoms with Gasteiger partial charge in [0.2, 0.25) is 5.78 Å². The number of Topliss-reactive ketones (excluding diaryl/α,β-unsaturated/α-hetero) is 1. The van der Waals surface area contributed by atoms with Gasteiger partial charge in [0.25, 0.3) is 0 Å². The number of thioether (sulfide) groups is 1. The number of carbonyl (C=O) groups is 1. The van der Waals surface area contributed by atoms with Crippen molar-refractivity contribution >= 4 is 17.5 Å². The zero-order chi connectivity index (χ0) is 16.8. The van der Waals surface area contributed by atoms with Gasteiger partial charge < -0.3 is 18.5 Å². The van der Waals surface area contributed by atoms with Gasteiger partial charge in [0, 0.05) is 30.8 Å². The van der Waals surface area contributed by atoms with Gasteiger partial charge in [-0.05, 0) is 6.92 Å². The van der Waals surface area contributed by atoms with Crippen molar-refractivity contribution in [1.82, 2.24) is 9.55 Å². The van der Waals surface area contributed by atoms with E-state index in [4.69, 9.17) is 9.47 Å². The predicted molar refractivity (Wildman–Crippen MR) is 93.5 cm³/mol. The van der Waals surface area contributed by atoms with Crippen molar-refractivity contribution in [3.05, 3.63) is 29.9 Å². The Hall–Kier alpha value is -1.31. The van der Waals surface area contributed by atoms with Gasteiger partial charge in [-0.3, -0.25) is 4.79 Å². The monoisotopic (exact) mass is 352 g/mol. The van der Waals surface area contributed by atoms with E-state index in [9.17, 15) is 4.79 Å². The van der Waals surface area contributed by atoms with E-state index < -0.39 is 0 Å². The van der Waals surface area contributed by atoms with Gasteiger partial charge in [-0.15, -0.1) is 11.8 Å². The van der Waals surface area contributed by atoms with E-state index in [0.29, 0.717) is 12.4 Å². The zero-order valence-electron chi connectivity index (χ0n) is 14.2. The second-order valence-electron chi connectivity index (χ2n) is 6.48. The number of imidazole rings is 1. The summed E-state index contributed by atoms with van der Waals surface area (Å²) in [4.78, 5) is 16.0. The zero-order valence-corrected chi connectivity index (χ0v) is 15.0. The Bertz CT molecular complexity index is 568. The molecule has 0 aliphatic carbocycles. The fourth-order valence-electron chi connectivity index (χ4n) is 3.24. The summed E-state index contributed by atoms with van der Waals surface area (Å²) in [6.45, 7) is 9.18. The Balaban J connectivity index is 1.48. The van der Waals surface area contributed by atoms with Crippen LogP contribution in [0.5, 0.6) is 0 Å². The quantitative estimate of drug-likeness (QED) is 0.667. The highest BCUT2D eigenvalue weighted by molar-refractivity contribution is 8.03. The molecular formula is C17H26N3O3S+. The molecule has 132 valence electrons. The molecule has 1 aromatic rings. The van der Waals surface area contributed by atoms with Gasteiger partial charge in [-0.25, -0.2) is 4.98 Å². The summed E-state index contributed by atoms with van der Waals surface area (Å²) in [6, 6.07) is 0. The van der Waals surface area contributed by atoms with E-state index in [0.717, 1.165) is 56.8 Å². The highest BCUT2D eigenvalue weighted by Crippen LogP contribution is 2.27. The van der Waals surface area contributed by atoms with Gasteiger partial charge in [0.1, 0.15) is 26.2 Å². The number of nitrogens with zero attached hydrogens (tertiary/aromatic N) is 3. The number of aryl methyl sites for hydroxylation is 1. The average molecular weight is 352 g/mol. The van der Waals surface area contributed by atoms with Gasteiger partial charge in [-0.1, -0.05) is 0 Å². The lowest BCUT2D eigenvalue weighted by atomic mass is 10.2. The normalized spacial score (nSPS) is 23.3. The molecule has 1 aromatic heterocycles. The number of quaternary nitrogens is 1. The predicted octanol–water partition coefficient (Wildman–Crippen LogP) is 1.68. The third-order valence-corrected chi connectivity index (χ3v) is 5.81. The Morgan fingerprint density at radius 3 is 2.92 bits per heavy atom. The molecule has 0 radical (unpaired) electrons. The molecule has 3 heterocycles. The first-order chi connectivity index (χ1) is 11.7. The summed E-state index contributed by atoms with van der Waals surface area (Å²) >= 11 is 1.54. The minimum atomic E-state index is 0.00158. The third-order valence-electron chi connectivity index (χ3n) is 4.84. The third kappa shape index (κ3) is 4.40. The number of morpholine rings is 1. The van der Waals surface area contributed by atoms with Crippen LogP contribution in [0.25, 0.3) is 0 Å². The molecule has 1 fully saturated rings. The number of aromatic nitrogens is 2. The largest absolute Gasteiger partial charge is 0.483 e. The van der Waals surface area contributed by atoms with Crippen LogP contribution in [-0.4, -0.2) is 71.1 Å². The number of carbonyl (C=O) groups excluding carboxylic acids is 1. The van der Waals surface area contributed by atoms with Gasteiger partial charge >= 0.3 is 0 Å². The van der Waals surface area contributed by atoms with Crippen LogP contribution in [0.2, 0.25) is 0 Å². The van der Waals surface area contributed by atoms with Gasteiger partial charge in [-0.2, -0.15) is 0 Å². The van der Waals surface area contributed by atoms with Crippen molar-refractivity contribution < 1.29 is 18.8 Å². The van der Waals surface area contributed by atoms with E-state index in [-0.39, 0.29) is 11.0 Å². The van der Waals surface area contributed by atoms with Crippen LogP contribution < -0.4 is 0 Å². The number of rotatable bonds is 8. The van der Waals surface area contributed by atoms with Crippen LogP contribution in [0.15, 0.2) is 29.9 Å². The summed E-state index contributed by atoms with van der Waals surface area (Å²) in [5.74, 6) is 0.658. The fraction of sp³-hybridized carbons (Fsp3) is 0.647. The molecule has 6 nitrogen and oxygen atoms in total. The fourth-order valence-corrected chi connectivity index (χ4v) is 3.99. The van der Waals surface area contributed by atoms with Gasteiger partial charge in [0.15, 0.2) is 5.76 Å². The highest BCUT2D eigenvalue weighted by Gasteiger charge is 2.31. The maximum absolute atomic E-state index is 11.9. The molecule has 0 N–H and O–H groups in total. The Kier molecular flexibility index (Phi) is 5.97. The van der Waals surface area contributed by atoms with Crippen molar-refractivity contribution in [2.24, 2.45) is 0 Å². The second kappa shape index (κ2) is 8.18. The van der Waals surface area contributed by atoms with E-state index in [1.54, 1.807) is 11.8 Å². The number of hydrogen-bond acceptors (Lipinski definition) is 5. The Morgan fingerprint density at radius 2 is 2.25 bits per heavy atom. The first-order valence-corrected chi connectivity index (χ1v) is 9.54. The molecule has 1 saturated heterocycles. The Labute approximate surface area is 147 Å². The SMILES string of the molecule is CC1SC=C(OCC[N+]2(CCCn3ccnc3)CCOCC2)C1=O. The second-order valence-corrected chi connectivity index (χ2v) is 7.69. The lowest BCUT2D eigenvalue weighted by Gasteiger charge is -2.41. The van der Waals surface area contributed by atoms with Crippen LogP contribution in [0.1, 0.15) is 13.3 Å². The van der Waals surface area contributed by atoms with E-state index in [1.165, 1.54) is 0 Å². The number of allylic oxidation sites excluding steroid dienone is 1. The van der Waals surface area contributed by atoms with Crippen molar-refractivity contribution in [1.29, 1.82) is 0 Å². The van der Waals surface area contributed by atoms with Crippen LogP contribution in [-0.2, 0) is 20.8 Å². The molecule has 1 atom stereocenters. The molecule has 1 unspecified atom stereocenters. The van der Waals surface area contributed by atoms with Crippen LogP contribution in [0.4, 0.5) is 0 Å². The molecule has 3 rings (SSSR count). The number of ketones is 1. The van der Waals surface area contributed by atoms with Crippen molar-refractivity contribution in [2.45, 2.75) is 25.1 Å². The highest BCUT2D eigenvalue weighted by atomic mass is 32.2. The Morgan fingerprint density at radius 1 is 1.42 bits per heavy atom. The summed E-state index contributed by atoms with van der Waals surface area (Å²) < 4.78 is 14.5. The van der Waals surface area contributed by atoms with Crippen molar-refractivity contribution in [2.75, 3.05) is 46.0 Å². The maximum Gasteiger partial charge on any atom is 0.210 e. The molecule has 0 bridgehead atoms. The van der Waals surface area contributed by atoms with E-state index in [1.807, 2.05) is 31.1 Å². The molecule has 24 heavy (non-hydrogen) atoms. The molecular weight excluding hydrogens is 326 g/mol. The van der Waals surface area contributed by atoms with Gasteiger partial charge in [0.05, 0.1) is 31.3 Å². The maximum atomic E-state index is 11.9. The molecule has 0 aromatic carbocycles. The molecule has 0 saturated carbocycles. The molecule has 7 heteroatoms. The first-order valence-electron chi connectivity index (χ1n) is 8.60. The van der Waals surface area contributed by atoms with E-state index in [2.05, 4.69) is 9.55 Å². The topological polar surface area (TPSA) is 53.4 Å². The first kappa shape index (κ1) is 17.5. The standard InChI is InChI=1S/C17H26N3O3S/c1-15-17(21)16(13-24-15)23-12-9-20(7-10-22-11-8-20)6-2-4-19-5-3-18-14-19/h3,5,13-15H,2,4,6-12H2,1H3/q+1. The summed E-state index contributed by atoms with van der Waals surface area (Å²) in [5.41, 5.74) is 0. The van der Waals surface area contributed by atoms with Crippen molar-refractivity contribution in [3.63, 3.8) is 0 Å². The van der Waals surface area contributed by atoms with Crippen molar-refractivity contribution in [3.8, 4) is 0 Å². The van der Waals surface area contributed by atoms with E-state index >= 15 is 0 Å². The lowest BCUT2D eigenvalue weighted by Crippen LogP contribution is -2.57. The molecule has 2 aliphatic heterocycles. The number of ether oxygens (including phenoxy) is 2. The molecule has 0 amide bonds.